The van der Waals surface area contributed by atoms with Gasteiger partial charge in [-0.05, 0) is 24.3 Å². The van der Waals surface area contributed by atoms with Gasteiger partial charge in [0.05, 0.1) is 6.54 Å². The summed E-state index contributed by atoms with van der Waals surface area (Å²) in [5.41, 5.74) is 0. The number of nitrogens with one attached hydrogen (secondary N) is 1. The van der Waals surface area contributed by atoms with Gasteiger partial charge in [-0.2, -0.15) is 0 Å². The molecule has 7 nitrogen and oxygen atoms in total. The summed E-state index contributed by atoms with van der Waals surface area (Å²) < 4.78 is 0. The van der Waals surface area contributed by atoms with Crippen molar-refractivity contribution in [3.63, 3.8) is 0 Å². The van der Waals surface area contributed by atoms with Crippen LogP contribution in [-0.2, 0) is 20.9 Å². The summed E-state index contributed by atoms with van der Waals surface area (Å²) in [5.74, 6) is -2.18. The largest absolute Gasteiger partial charge is 0.350 e. The predicted molar refractivity (Wildman–Crippen MR) is 82.4 cm³/mol. The molecule has 1 N–H and O–H groups in total. The van der Waals surface area contributed by atoms with Crippen LogP contribution in [0.15, 0.2) is 17.5 Å². The Kier molecular flexibility index (Phi) is 4.42. The highest BCUT2D eigenvalue weighted by molar-refractivity contribution is 7.09. The zero-order valence-corrected chi connectivity index (χ0v) is 13.3. The van der Waals surface area contributed by atoms with Crippen molar-refractivity contribution in [1.29, 1.82) is 0 Å². The molecule has 1 aliphatic heterocycles. The van der Waals surface area contributed by atoms with Crippen molar-refractivity contribution >= 4 is 35.1 Å². The third-order valence-electron chi connectivity index (χ3n) is 4.12. The van der Waals surface area contributed by atoms with Gasteiger partial charge in [0.1, 0.15) is 6.54 Å². The quantitative estimate of drug-likeness (QED) is 0.645. The van der Waals surface area contributed by atoms with Crippen LogP contribution in [0.4, 0.5) is 4.79 Å². The van der Waals surface area contributed by atoms with Crippen LogP contribution in [0.5, 0.6) is 0 Å². The van der Waals surface area contributed by atoms with Crippen LogP contribution in [0.1, 0.15) is 30.6 Å². The molecule has 0 bridgehead atoms. The molecule has 2 heterocycles. The van der Waals surface area contributed by atoms with Crippen LogP contribution in [0.3, 0.4) is 0 Å². The fraction of sp³-hybridized carbons (Fsp3) is 0.467. The highest BCUT2D eigenvalue weighted by Crippen LogP contribution is 2.27. The van der Waals surface area contributed by atoms with Crippen molar-refractivity contribution in [1.82, 2.24) is 15.1 Å². The molecular weight excluding hydrogens is 318 g/mol. The van der Waals surface area contributed by atoms with Gasteiger partial charge in [0.2, 0.25) is 5.91 Å². The number of carbonyl (C=O) groups is 4. The average molecular weight is 335 g/mol. The fourth-order valence-corrected chi connectivity index (χ4v) is 3.59. The standard InChI is InChI=1S/C15H17N3O4S/c19-12(16-8-11-6-3-7-23-11)9-17-13(20)14(21)18(15(17)22)10-4-1-2-5-10/h3,6-7,10H,1-2,4-5,8-9H2,(H,16,19). The topological polar surface area (TPSA) is 86.8 Å². The molecule has 2 aliphatic rings. The van der Waals surface area contributed by atoms with Crippen molar-refractivity contribution in [2.24, 2.45) is 0 Å². The fourth-order valence-electron chi connectivity index (χ4n) is 2.94. The van der Waals surface area contributed by atoms with Crippen molar-refractivity contribution < 1.29 is 19.2 Å². The van der Waals surface area contributed by atoms with Crippen LogP contribution in [0.25, 0.3) is 0 Å². The summed E-state index contributed by atoms with van der Waals surface area (Å²) in [5, 5.41) is 4.54. The number of hydrogen-bond acceptors (Lipinski definition) is 5. The molecule has 23 heavy (non-hydrogen) atoms. The molecule has 1 aliphatic carbocycles. The molecule has 1 saturated carbocycles. The molecule has 0 atom stereocenters. The van der Waals surface area contributed by atoms with E-state index in [-0.39, 0.29) is 6.04 Å². The smallest absolute Gasteiger partial charge is 0.334 e. The number of amides is 5. The maximum atomic E-state index is 12.3. The van der Waals surface area contributed by atoms with Crippen molar-refractivity contribution in [2.75, 3.05) is 6.54 Å². The van der Waals surface area contributed by atoms with Gasteiger partial charge in [0.25, 0.3) is 0 Å². The monoisotopic (exact) mass is 335 g/mol. The minimum absolute atomic E-state index is 0.210. The Hall–Kier alpha value is -2.22. The summed E-state index contributed by atoms with van der Waals surface area (Å²) >= 11 is 1.50. The minimum atomic E-state index is -0.909. The number of thiophene rings is 1. The number of hydrogen-bond donors (Lipinski definition) is 1. The Labute approximate surface area is 137 Å². The van der Waals surface area contributed by atoms with E-state index in [2.05, 4.69) is 5.32 Å². The number of rotatable bonds is 5. The molecule has 0 spiro atoms. The van der Waals surface area contributed by atoms with Gasteiger partial charge in [-0.15, -0.1) is 11.3 Å². The molecule has 8 heteroatoms. The molecule has 0 aromatic carbocycles. The molecule has 5 amide bonds. The van der Waals surface area contributed by atoms with Crippen LogP contribution in [0, 0.1) is 0 Å². The Bertz CT molecular complexity index is 637. The maximum Gasteiger partial charge on any atom is 0.334 e. The van der Waals surface area contributed by atoms with Gasteiger partial charge in [-0.3, -0.25) is 19.3 Å². The minimum Gasteiger partial charge on any atom is -0.350 e. The third kappa shape index (κ3) is 3.12. The molecule has 2 fully saturated rings. The van der Waals surface area contributed by atoms with E-state index >= 15 is 0 Å². The number of carbonyl (C=O) groups excluding carboxylic acids is 4. The zero-order valence-electron chi connectivity index (χ0n) is 12.5. The summed E-state index contributed by atoms with van der Waals surface area (Å²) in [6.45, 7) is -0.0784. The lowest BCUT2D eigenvalue weighted by atomic mass is 10.2. The van der Waals surface area contributed by atoms with Gasteiger partial charge in [0, 0.05) is 10.9 Å². The van der Waals surface area contributed by atoms with E-state index in [0.717, 1.165) is 40.4 Å². The van der Waals surface area contributed by atoms with E-state index < -0.39 is 30.3 Å². The Morgan fingerprint density at radius 1 is 1.22 bits per heavy atom. The Balaban J connectivity index is 1.60. The van der Waals surface area contributed by atoms with Gasteiger partial charge in [-0.25, -0.2) is 9.69 Å². The van der Waals surface area contributed by atoms with Crippen LogP contribution >= 0.6 is 11.3 Å². The van der Waals surface area contributed by atoms with Gasteiger partial charge < -0.3 is 5.32 Å². The molecule has 3 rings (SSSR count). The van der Waals surface area contributed by atoms with E-state index in [1.807, 2.05) is 17.5 Å². The second kappa shape index (κ2) is 6.49. The molecule has 1 aromatic rings. The van der Waals surface area contributed by atoms with E-state index in [9.17, 15) is 19.2 Å². The van der Waals surface area contributed by atoms with Crippen molar-refractivity contribution in [2.45, 2.75) is 38.3 Å². The molecule has 1 saturated heterocycles. The first-order valence-electron chi connectivity index (χ1n) is 7.56. The number of urea groups is 1. The van der Waals surface area contributed by atoms with Crippen LogP contribution in [-0.4, -0.2) is 46.1 Å². The van der Waals surface area contributed by atoms with E-state index in [1.54, 1.807) is 0 Å². The lowest BCUT2D eigenvalue weighted by Gasteiger charge is -2.20. The van der Waals surface area contributed by atoms with E-state index in [4.69, 9.17) is 0 Å². The van der Waals surface area contributed by atoms with Crippen LogP contribution < -0.4 is 5.32 Å². The summed E-state index contributed by atoms with van der Waals surface area (Å²) in [4.78, 5) is 51.0. The Morgan fingerprint density at radius 2 is 1.96 bits per heavy atom. The second-order valence-electron chi connectivity index (χ2n) is 5.64. The predicted octanol–water partition coefficient (Wildman–Crippen LogP) is 1.10. The van der Waals surface area contributed by atoms with E-state index in [1.165, 1.54) is 11.3 Å². The molecule has 1 aromatic heterocycles. The highest BCUT2D eigenvalue weighted by atomic mass is 32.1. The van der Waals surface area contributed by atoms with Crippen molar-refractivity contribution in [3.05, 3.63) is 22.4 Å². The number of imide groups is 2. The zero-order chi connectivity index (χ0) is 16.4. The summed E-state index contributed by atoms with van der Waals surface area (Å²) in [6.07, 6.45) is 3.33. The molecule has 0 unspecified atom stereocenters. The number of nitrogens with zero attached hydrogens (tertiary/aromatic N) is 2. The first-order chi connectivity index (χ1) is 11.1. The lowest BCUT2D eigenvalue weighted by molar-refractivity contribution is -0.144. The normalized spacial score (nSPS) is 19.0. The molecule has 0 radical (unpaired) electrons. The Morgan fingerprint density at radius 3 is 2.61 bits per heavy atom. The van der Waals surface area contributed by atoms with Crippen LogP contribution in [0.2, 0.25) is 0 Å². The van der Waals surface area contributed by atoms with Gasteiger partial charge in [0.15, 0.2) is 0 Å². The highest BCUT2D eigenvalue weighted by Gasteiger charge is 2.48. The van der Waals surface area contributed by atoms with Gasteiger partial charge in [-0.1, -0.05) is 18.9 Å². The second-order valence-corrected chi connectivity index (χ2v) is 6.68. The summed E-state index contributed by atoms with van der Waals surface area (Å²) in [6, 6.07) is 2.87. The SMILES string of the molecule is O=C(CN1C(=O)C(=O)N(C2CCCC2)C1=O)NCc1cccs1. The summed E-state index contributed by atoms with van der Waals surface area (Å²) in [7, 11) is 0. The maximum absolute atomic E-state index is 12.3. The molecule has 122 valence electrons. The first kappa shape index (κ1) is 15.7. The van der Waals surface area contributed by atoms with Gasteiger partial charge >= 0.3 is 17.8 Å². The average Bonchev–Trinajstić information content (AvgIpc) is 3.25. The lowest BCUT2D eigenvalue weighted by Crippen LogP contribution is -2.43. The molecular formula is C15H17N3O4S. The first-order valence-corrected chi connectivity index (χ1v) is 8.44. The third-order valence-corrected chi connectivity index (χ3v) is 4.99. The van der Waals surface area contributed by atoms with Crippen molar-refractivity contribution in [3.8, 4) is 0 Å². The van der Waals surface area contributed by atoms with E-state index in [0.29, 0.717) is 6.54 Å².